The Kier molecular flexibility index (Phi) is 4.58. The summed E-state index contributed by atoms with van der Waals surface area (Å²) in [5.41, 5.74) is 3.10. The fraction of sp³-hybridized carbons (Fsp3) is 0.235. The molecule has 2 aromatic rings. The molecule has 1 N–H and O–H groups in total. The molecule has 3 nitrogen and oxygen atoms in total. The van der Waals surface area contributed by atoms with Crippen LogP contribution in [0.25, 0.3) is 0 Å². The third kappa shape index (κ3) is 3.60. The average Bonchev–Trinajstić information content (AvgIpc) is 2.44. The summed E-state index contributed by atoms with van der Waals surface area (Å²) in [6.07, 6.45) is 0. The summed E-state index contributed by atoms with van der Waals surface area (Å²) in [7, 11) is 1.32. The first-order valence-corrected chi connectivity index (χ1v) is 6.68. The predicted octanol–water partition coefficient (Wildman–Crippen LogP) is 3.77. The maximum Gasteiger partial charge on any atom is 0.332 e. The molecule has 0 aromatic heterocycles. The number of esters is 1. The molecule has 0 heterocycles. The number of nitrogens with one attached hydrogen (secondary N) is 1. The highest BCUT2D eigenvalue weighted by molar-refractivity contribution is 5.81. The Morgan fingerprint density at radius 2 is 1.76 bits per heavy atom. The summed E-state index contributed by atoms with van der Waals surface area (Å²) in [5.74, 6) is -0.862. The molecular formula is C17H18FNO2. The zero-order valence-electron chi connectivity index (χ0n) is 12.3. The molecule has 21 heavy (non-hydrogen) atoms. The van der Waals surface area contributed by atoms with Crippen LogP contribution in [-0.2, 0) is 9.53 Å². The standard InChI is InChI=1S/C17H18FNO2/c1-11-8-12(2)10-13(9-11)16(17(20)21-3)19-15-7-5-4-6-14(15)18/h4-10,16,19H,1-3H3. The van der Waals surface area contributed by atoms with E-state index in [9.17, 15) is 9.18 Å². The van der Waals surface area contributed by atoms with Gasteiger partial charge in [0.15, 0.2) is 6.04 Å². The monoisotopic (exact) mass is 287 g/mol. The zero-order chi connectivity index (χ0) is 15.4. The lowest BCUT2D eigenvalue weighted by atomic mass is 10.0. The first-order valence-electron chi connectivity index (χ1n) is 6.68. The van der Waals surface area contributed by atoms with Gasteiger partial charge in [-0.2, -0.15) is 0 Å². The number of benzene rings is 2. The molecule has 0 spiro atoms. The average molecular weight is 287 g/mol. The molecule has 0 bridgehead atoms. The molecule has 0 radical (unpaired) electrons. The van der Waals surface area contributed by atoms with Gasteiger partial charge in [0.1, 0.15) is 5.82 Å². The van der Waals surface area contributed by atoms with Crippen molar-refractivity contribution in [3.63, 3.8) is 0 Å². The molecular weight excluding hydrogens is 269 g/mol. The van der Waals surface area contributed by atoms with Gasteiger partial charge >= 0.3 is 5.97 Å². The molecule has 0 aliphatic carbocycles. The molecule has 110 valence electrons. The lowest BCUT2D eigenvalue weighted by Gasteiger charge is -2.19. The van der Waals surface area contributed by atoms with Gasteiger partial charge in [0, 0.05) is 0 Å². The summed E-state index contributed by atoms with van der Waals surface area (Å²) in [4.78, 5) is 12.0. The highest BCUT2D eigenvalue weighted by Crippen LogP contribution is 2.24. The molecule has 1 unspecified atom stereocenters. The third-order valence-electron chi connectivity index (χ3n) is 3.19. The van der Waals surface area contributed by atoms with Gasteiger partial charge in [-0.1, -0.05) is 41.5 Å². The van der Waals surface area contributed by atoms with Gasteiger partial charge in [-0.15, -0.1) is 0 Å². The van der Waals surface area contributed by atoms with Crippen molar-refractivity contribution in [1.82, 2.24) is 0 Å². The smallest absolute Gasteiger partial charge is 0.332 e. The van der Waals surface area contributed by atoms with Crippen molar-refractivity contribution in [3.8, 4) is 0 Å². The number of halogens is 1. The van der Waals surface area contributed by atoms with Crippen molar-refractivity contribution in [3.05, 3.63) is 65.0 Å². The quantitative estimate of drug-likeness (QED) is 0.870. The molecule has 0 aliphatic rings. The molecule has 0 saturated carbocycles. The number of ether oxygens (including phenoxy) is 1. The van der Waals surface area contributed by atoms with Crippen LogP contribution in [0.1, 0.15) is 22.7 Å². The van der Waals surface area contributed by atoms with E-state index >= 15 is 0 Å². The Hall–Kier alpha value is -2.36. The maximum atomic E-state index is 13.8. The predicted molar refractivity (Wildman–Crippen MR) is 80.7 cm³/mol. The van der Waals surface area contributed by atoms with Crippen molar-refractivity contribution in [2.24, 2.45) is 0 Å². The van der Waals surface area contributed by atoms with Crippen molar-refractivity contribution >= 4 is 11.7 Å². The van der Waals surface area contributed by atoms with Crippen molar-refractivity contribution in [2.45, 2.75) is 19.9 Å². The Morgan fingerprint density at radius 3 is 2.33 bits per heavy atom. The topological polar surface area (TPSA) is 38.3 Å². The number of anilines is 1. The van der Waals surface area contributed by atoms with Crippen LogP contribution in [-0.4, -0.2) is 13.1 Å². The van der Waals surface area contributed by atoms with E-state index in [1.165, 1.54) is 13.2 Å². The summed E-state index contributed by atoms with van der Waals surface area (Å²) >= 11 is 0. The van der Waals surface area contributed by atoms with E-state index in [1.807, 2.05) is 32.0 Å². The minimum atomic E-state index is -0.745. The summed E-state index contributed by atoms with van der Waals surface area (Å²) in [5, 5.41) is 2.92. The van der Waals surface area contributed by atoms with E-state index in [-0.39, 0.29) is 5.69 Å². The van der Waals surface area contributed by atoms with Crippen LogP contribution >= 0.6 is 0 Å². The van der Waals surface area contributed by atoms with E-state index in [0.717, 1.165) is 16.7 Å². The van der Waals surface area contributed by atoms with Gasteiger partial charge < -0.3 is 10.1 Å². The molecule has 0 amide bonds. The largest absolute Gasteiger partial charge is 0.467 e. The molecule has 2 rings (SSSR count). The summed E-state index contributed by atoms with van der Waals surface area (Å²) in [6, 6.07) is 11.3. The second-order valence-corrected chi connectivity index (χ2v) is 5.00. The van der Waals surface area contributed by atoms with Gasteiger partial charge in [0.2, 0.25) is 0 Å². The number of rotatable bonds is 4. The number of para-hydroxylation sites is 1. The highest BCUT2D eigenvalue weighted by Gasteiger charge is 2.22. The molecule has 4 heteroatoms. The van der Waals surface area contributed by atoms with Gasteiger partial charge in [0.05, 0.1) is 12.8 Å². The molecule has 0 aliphatic heterocycles. The first kappa shape index (κ1) is 15.0. The Balaban J connectivity index is 2.39. The molecule has 2 aromatic carbocycles. The van der Waals surface area contributed by atoms with Crippen LogP contribution in [0.3, 0.4) is 0 Å². The van der Waals surface area contributed by atoms with Crippen LogP contribution in [0.2, 0.25) is 0 Å². The van der Waals surface area contributed by atoms with Crippen molar-refractivity contribution in [2.75, 3.05) is 12.4 Å². The Morgan fingerprint density at radius 1 is 1.14 bits per heavy atom. The van der Waals surface area contributed by atoms with E-state index in [1.54, 1.807) is 18.2 Å². The Labute approximate surface area is 123 Å². The van der Waals surface area contributed by atoms with Crippen molar-refractivity contribution < 1.29 is 13.9 Å². The lowest BCUT2D eigenvalue weighted by Crippen LogP contribution is -2.23. The summed E-state index contributed by atoms with van der Waals surface area (Å²) < 4.78 is 18.6. The lowest BCUT2D eigenvalue weighted by molar-refractivity contribution is -0.141. The maximum absolute atomic E-state index is 13.8. The van der Waals surface area contributed by atoms with E-state index < -0.39 is 17.8 Å². The minimum absolute atomic E-state index is 0.270. The summed E-state index contributed by atoms with van der Waals surface area (Å²) in [6.45, 7) is 3.90. The SMILES string of the molecule is COC(=O)C(Nc1ccccc1F)c1cc(C)cc(C)c1. The number of hydrogen-bond donors (Lipinski definition) is 1. The zero-order valence-corrected chi connectivity index (χ0v) is 12.3. The van der Waals surface area contributed by atoms with Gasteiger partial charge in [-0.05, 0) is 31.5 Å². The minimum Gasteiger partial charge on any atom is -0.467 e. The van der Waals surface area contributed by atoms with E-state index in [4.69, 9.17) is 4.74 Å². The molecule has 0 fully saturated rings. The fourth-order valence-electron chi connectivity index (χ4n) is 2.31. The number of carbonyl (C=O) groups excluding carboxylic acids is 1. The van der Waals surface area contributed by atoms with Crippen LogP contribution < -0.4 is 5.32 Å². The van der Waals surface area contributed by atoms with Gasteiger partial charge in [-0.3, -0.25) is 0 Å². The van der Waals surface area contributed by atoms with Crippen LogP contribution in [0, 0.1) is 19.7 Å². The van der Waals surface area contributed by atoms with Crippen LogP contribution in [0.15, 0.2) is 42.5 Å². The van der Waals surface area contributed by atoms with Gasteiger partial charge in [0.25, 0.3) is 0 Å². The van der Waals surface area contributed by atoms with Gasteiger partial charge in [-0.25, -0.2) is 9.18 Å². The molecule has 1 atom stereocenters. The van der Waals surface area contributed by atoms with Crippen LogP contribution in [0.4, 0.5) is 10.1 Å². The highest BCUT2D eigenvalue weighted by atomic mass is 19.1. The van der Waals surface area contributed by atoms with Crippen molar-refractivity contribution in [1.29, 1.82) is 0 Å². The number of methoxy groups -OCH3 is 1. The van der Waals surface area contributed by atoms with E-state index in [0.29, 0.717) is 0 Å². The molecule has 0 saturated heterocycles. The second-order valence-electron chi connectivity index (χ2n) is 5.00. The van der Waals surface area contributed by atoms with E-state index in [2.05, 4.69) is 5.32 Å². The number of aryl methyl sites for hydroxylation is 2. The first-order chi connectivity index (χ1) is 10.0. The normalized spacial score (nSPS) is 11.8. The number of carbonyl (C=O) groups is 1. The fourth-order valence-corrected chi connectivity index (χ4v) is 2.31. The van der Waals surface area contributed by atoms with Crippen LogP contribution in [0.5, 0.6) is 0 Å². The number of hydrogen-bond acceptors (Lipinski definition) is 3. The third-order valence-corrected chi connectivity index (χ3v) is 3.19. The Bertz CT molecular complexity index is 635. The second kappa shape index (κ2) is 6.39.